The number of hydrogen-bond donors (Lipinski definition) is 0. The Hall–Kier alpha value is -3.21. The van der Waals surface area contributed by atoms with Gasteiger partial charge >= 0.3 is 5.63 Å². The lowest BCUT2D eigenvalue weighted by Crippen LogP contribution is -2.00. The zero-order valence-corrected chi connectivity index (χ0v) is 13.9. The molecule has 0 atom stereocenters. The van der Waals surface area contributed by atoms with Crippen LogP contribution in [0.3, 0.4) is 0 Å². The Balaban J connectivity index is 1.81. The van der Waals surface area contributed by atoms with Crippen LogP contribution in [0, 0.1) is 6.92 Å². The van der Waals surface area contributed by atoms with Gasteiger partial charge < -0.3 is 9.15 Å². The summed E-state index contributed by atoms with van der Waals surface area (Å²) in [6.07, 6.45) is 2.24. The summed E-state index contributed by atoms with van der Waals surface area (Å²) in [6, 6.07) is 12.9. The van der Waals surface area contributed by atoms with Crippen molar-refractivity contribution < 1.29 is 9.15 Å². The van der Waals surface area contributed by atoms with Crippen LogP contribution < -0.4 is 10.4 Å². The van der Waals surface area contributed by atoms with Crippen LogP contribution in [0.4, 0.5) is 0 Å². The maximum absolute atomic E-state index is 11.7. The van der Waals surface area contributed by atoms with Crippen molar-refractivity contribution in [2.45, 2.75) is 20.3 Å². The first-order valence-corrected chi connectivity index (χ1v) is 8.10. The zero-order chi connectivity index (χ0) is 17.4. The van der Waals surface area contributed by atoms with Gasteiger partial charge in [0.15, 0.2) is 0 Å². The Bertz CT molecular complexity index is 1150. The smallest absolute Gasteiger partial charge is 0.336 e. The second-order valence-corrected chi connectivity index (χ2v) is 5.90. The summed E-state index contributed by atoms with van der Waals surface area (Å²) in [6.45, 7) is 4.02. The molecule has 25 heavy (non-hydrogen) atoms. The third kappa shape index (κ3) is 2.85. The largest absolute Gasteiger partial charge is 0.438 e. The second-order valence-electron chi connectivity index (χ2n) is 5.90. The molecule has 0 bridgehead atoms. The van der Waals surface area contributed by atoms with Gasteiger partial charge in [-0.25, -0.2) is 14.8 Å². The highest BCUT2D eigenvalue weighted by Crippen LogP contribution is 2.30. The predicted molar refractivity (Wildman–Crippen MR) is 96.2 cm³/mol. The number of rotatable bonds is 3. The van der Waals surface area contributed by atoms with E-state index < -0.39 is 0 Å². The minimum atomic E-state index is -0.357. The molecule has 0 fully saturated rings. The van der Waals surface area contributed by atoms with Gasteiger partial charge in [0.2, 0.25) is 5.88 Å². The number of aryl methyl sites for hydroxylation is 2. The minimum absolute atomic E-state index is 0.357. The first kappa shape index (κ1) is 15.3. The van der Waals surface area contributed by atoms with E-state index in [1.165, 1.54) is 12.4 Å². The molecule has 0 spiro atoms. The van der Waals surface area contributed by atoms with Crippen molar-refractivity contribution in [2.75, 3.05) is 0 Å². The summed E-state index contributed by atoms with van der Waals surface area (Å²) in [5.74, 6) is 1.03. The topological polar surface area (TPSA) is 65.2 Å². The lowest BCUT2D eigenvalue weighted by Gasteiger charge is -2.09. The van der Waals surface area contributed by atoms with Gasteiger partial charge in [-0.2, -0.15) is 0 Å². The summed E-state index contributed by atoms with van der Waals surface area (Å²) < 4.78 is 11.3. The number of ether oxygens (including phenoxy) is 1. The van der Waals surface area contributed by atoms with Crippen LogP contribution in [0.25, 0.3) is 21.9 Å². The van der Waals surface area contributed by atoms with E-state index in [0.29, 0.717) is 17.2 Å². The molecule has 0 radical (unpaired) electrons. The molecule has 0 amide bonds. The van der Waals surface area contributed by atoms with Crippen molar-refractivity contribution in [1.82, 2.24) is 9.97 Å². The third-order valence-corrected chi connectivity index (χ3v) is 4.15. The first-order chi connectivity index (χ1) is 12.1. The van der Waals surface area contributed by atoms with Gasteiger partial charge in [0.05, 0.1) is 10.9 Å². The van der Waals surface area contributed by atoms with Gasteiger partial charge in [-0.1, -0.05) is 18.6 Å². The Kier molecular flexibility index (Phi) is 3.69. The van der Waals surface area contributed by atoms with E-state index in [1.54, 1.807) is 6.07 Å². The van der Waals surface area contributed by atoms with E-state index in [1.807, 2.05) is 44.2 Å². The Morgan fingerprint density at radius 2 is 1.92 bits per heavy atom. The molecule has 0 saturated carbocycles. The van der Waals surface area contributed by atoms with Gasteiger partial charge in [-0.3, -0.25) is 0 Å². The molecule has 2 heterocycles. The maximum Gasteiger partial charge on any atom is 0.336 e. The fourth-order valence-corrected chi connectivity index (χ4v) is 2.91. The van der Waals surface area contributed by atoms with Crippen LogP contribution in [-0.4, -0.2) is 9.97 Å². The lowest BCUT2D eigenvalue weighted by atomic mass is 10.1. The number of benzene rings is 2. The molecule has 0 aliphatic heterocycles. The molecule has 0 saturated heterocycles. The van der Waals surface area contributed by atoms with Crippen molar-refractivity contribution in [3.63, 3.8) is 0 Å². The van der Waals surface area contributed by atoms with Crippen molar-refractivity contribution in [3.8, 4) is 11.6 Å². The molecule has 0 unspecified atom stereocenters. The number of hydrogen-bond acceptors (Lipinski definition) is 5. The lowest BCUT2D eigenvalue weighted by molar-refractivity contribution is 0.466. The summed E-state index contributed by atoms with van der Waals surface area (Å²) in [5, 5.41) is 1.75. The molecular formula is C20H16N2O3. The van der Waals surface area contributed by atoms with Crippen LogP contribution in [0.15, 0.2) is 58.0 Å². The minimum Gasteiger partial charge on any atom is -0.438 e. The van der Waals surface area contributed by atoms with E-state index in [0.717, 1.165) is 33.8 Å². The highest BCUT2D eigenvalue weighted by molar-refractivity contribution is 5.85. The second kappa shape index (κ2) is 6.02. The van der Waals surface area contributed by atoms with Crippen LogP contribution in [-0.2, 0) is 6.42 Å². The van der Waals surface area contributed by atoms with Gasteiger partial charge in [-0.15, -0.1) is 0 Å². The fraction of sp³-hybridized carbons (Fsp3) is 0.150. The van der Waals surface area contributed by atoms with Gasteiger partial charge in [0.25, 0.3) is 0 Å². The van der Waals surface area contributed by atoms with Crippen molar-refractivity contribution in [3.05, 3.63) is 70.3 Å². The highest BCUT2D eigenvalue weighted by Gasteiger charge is 2.09. The van der Waals surface area contributed by atoms with E-state index >= 15 is 0 Å². The number of fused-ring (bicyclic) bond motifs is 2. The molecule has 2 aromatic carbocycles. The summed E-state index contributed by atoms with van der Waals surface area (Å²) >= 11 is 0. The standard InChI is InChI=1S/C20H16N2O3/c1-3-13-9-19(23)25-18-10-14(5-6-15(13)18)24-20-16-8-12(2)4-7-17(16)21-11-22-20/h4-11H,3H2,1-2H3. The molecule has 124 valence electrons. The van der Waals surface area contributed by atoms with Gasteiger partial charge in [0.1, 0.15) is 17.7 Å². The Morgan fingerprint density at radius 1 is 1.04 bits per heavy atom. The fourth-order valence-electron chi connectivity index (χ4n) is 2.91. The third-order valence-electron chi connectivity index (χ3n) is 4.15. The monoisotopic (exact) mass is 332 g/mol. The van der Waals surface area contributed by atoms with Crippen molar-refractivity contribution in [1.29, 1.82) is 0 Å². The summed E-state index contributed by atoms with van der Waals surface area (Å²) in [5.41, 5.74) is 3.03. The van der Waals surface area contributed by atoms with Crippen LogP contribution >= 0.6 is 0 Å². The van der Waals surface area contributed by atoms with E-state index in [-0.39, 0.29) is 5.63 Å². The molecule has 2 aromatic heterocycles. The molecule has 5 nitrogen and oxygen atoms in total. The molecule has 0 aliphatic carbocycles. The molecule has 0 aliphatic rings. The normalized spacial score (nSPS) is 11.1. The number of aromatic nitrogens is 2. The predicted octanol–water partition coefficient (Wildman–Crippen LogP) is 4.40. The van der Waals surface area contributed by atoms with Gasteiger partial charge in [0, 0.05) is 17.5 Å². The first-order valence-electron chi connectivity index (χ1n) is 8.10. The SMILES string of the molecule is CCc1cc(=O)oc2cc(Oc3ncnc4ccc(C)cc34)ccc12. The van der Waals surface area contributed by atoms with E-state index in [2.05, 4.69) is 9.97 Å². The van der Waals surface area contributed by atoms with Crippen molar-refractivity contribution >= 4 is 21.9 Å². The van der Waals surface area contributed by atoms with Crippen molar-refractivity contribution in [2.24, 2.45) is 0 Å². The quantitative estimate of drug-likeness (QED) is 0.520. The van der Waals surface area contributed by atoms with Crippen LogP contribution in [0.5, 0.6) is 11.6 Å². The molecule has 4 rings (SSSR count). The zero-order valence-electron chi connectivity index (χ0n) is 13.9. The van der Waals surface area contributed by atoms with Gasteiger partial charge in [-0.05, 0) is 43.2 Å². The average molecular weight is 332 g/mol. The van der Waals surface area contributed by atoms with E-state index in [4.69, 9.17) is 9.15 Å². The number of nitrogens with zero attached hydrogens (tertiary/aromatic N) is 2. The van der Waals surface area contributed by atoms with Crippen LogP contribution in [0.1, 0.15) is 18.1 Å². The Morgan fingerprint density at radius 3 is 2.76 bits per heavy atom. The summed E-state index contributed by atoms with van der Waals surface area (Å²) in [4.78, 5) is 20.2. The average Bonchev–Trinajstić information content (AvgIpc) is 2.61. The molecular weight excluding hydrogens is 316 g/mol. The van der Waals surface area contributed by atoms with Crippen LogP contribution in [0.2, 0.25) is 0 Å². The molecule has 4 aromatic rings. The summed E-state index contributed by atoms with van der Waals surface area (Å²) in [7, 11) is 0. The maximum atomic E-state index is 11.7. The molecule has 0 N–H and O–H groups in total. The highest BCUT2D eigenvalue weighted by atomic mass is 16.5. The Labute approximate surface area is 143 Å². The van der Waals surface area contributed by atoms with E-state index in [9.17, 15) is 4.79 Å². The molecule has 5 heteroatoms.